The van der Waals surface area contributed by atoms with Crippen LogP contribution < -0.4 is 16.0 Å². The minimum Gasteiger partial charge on any atom is -0.356 e. The van der Waals surface area contributed by atoms with Gasteiger partial charge in [-0.05, 0) is 63.0 Å². The van der Waals surface area contributed by atoms with Gasteiger partial charge in [0.2, 0.25) is 0 Å². The summed E-state index contributed by atoms with van der Waals surface area (Å²) in [4.78, 5) is 18.5. The lowest BCUT2D eigenvalue weighted by Crippen LogP contribution is -2.39. The quantitative estimate of drug-likeness (QED) is 0.298. The van der Waals surface area contributed by atoms with Crippen molar-refractivity contribution < 1.29 is 4.79 Å². The Kier molecular flexibility index (Phi) is 11.9. The number of amides is 1. The second-order valence-corrected chi connectivity index (χ2v) is 6.65. The Balaban J connectivity index is 2.31. The van der Waals surface area contributed by atoms with Crippen LogP contribution in [-0.2, 0) is 6.42 Å². The third-order valence-corrected chi connectivity index (χ3v) is 4.37. The highest BCUT2D eigenvalue weighted by molar-refractivity contribution is 5.94. The topological polar surface area (TPSA) is 68.8 Å². The molecule has 0 unspecified atom stereocenters. The predicted octanol–water partition coefficient (Wildman–Crippen LogP) is 2.27. The third kappa shape index (κ3) is 9.43. The monoisotopic (exact) mass is 375 g/mol. The molecule has 27 heavy (non-hydrogen) atoms. The Morgan fingerprint density at radius 1 is 1.07 bits per heavy atom. The van der Waals surface area contributed by atoms with E-state index >= 15 is 0 Å². The number of guanidine groups is 1. The van der Waals surface area contributed by atoms with Gasteiger partial charge in [-0.15, -0.1) is 0 Å². The Hall–Kier alpha value is -2.08. The second-order valence-electron chi connectivity index (χ2n) is 6.65. The summed E-state index contributed by atoms with van der Waals surface area (Å²) in [7, 11) is 3.44. The van der Waals surface area contributed by atoms with Gasteiger partial charge in [-0.1, -0.05) is 26.0 Å². The number of nitrogens with one attached hydrogen (secondary N) is 3. The number of aliphatic imine (C=N–C) groups is 1. The van der Waals surface area contributed by atoms with Crippen molar-refractivity contribution in [2.24, 2.45) is 4.99 Å². The van der Waals surface area contributed by atoms with E-state index in [1.165, 1.54) is 25.9 Å². The molecule has 6 nitrogen and oxygen atoms in total. The molecule has 152 valence electrons. The van der Waals surface area contributed by atoms with Gasteiger partial charge in [-0.25, -0.2) is 0 Å². The number of carbonyl (C=O) groups is 1. The zero-order chi connectivity index (χ0) is 19.9. The van der Waals surface area contributed by atoms with Gasteiger partial charge in [0.1, 0.15) is 0 Å². The van der Waals surface area contributed by atoms with E-state index in [2.05, 4.69) is 39.7 Å². The number of rotatable bonds is 12. The van der Waals surface area contributed by atoms with Gasteiger partial charge in [0.25, 0.3) is 5.91 Å². The van der Waals surface area contributed by atoms with Crippen LogP contribution in [0.5, 0.6) is 0 Å². The molecule has 0 aliphatic heterocycles. The Bertz CT molecular complexity index is 567. The largest absolute Gasteiger partial charge is 0.356 e. The van der Waals surface area contributed by atoms with Gasteiger partial charge < -0.3 is 20.9 Å². The van der Waals surface area contributed by atoms with Crippen LogP contribution in [0.15, 0.2) is 29.3 Å². The van der Waals surface area contributed by atoms with Crippen LogP contribution in [0.2, 0.25) is 0 Å². The van der Waals surface area contributed by atoms with Crippen molar-refractivity contribution in [2.75, 3.05) is 46.8 Å². The molecule has 1 rings (SSSR count). The fourth-order valence-electron chi connectivity index (χ4n) is 3.04. The van der Waals surface area contributed by atoms with Gasteiger partial charge >= 0.3 is 0 Å². The average molecular weight is 376 g/mol. The SMILES string of the molecule is CCCN(CCC)CCCNC(=NC)NCCc1cccc(C(=O)NC)c1. The minimum absolute atomic E-state index is 0.0533. The Labute approximate surface area is 164 Å². The predicted molar refractivity (Wildman–Crippen MR) is 115 cm³/mol. The summed E-state index contributed by atoms with van der Waals surface area (Å²) >= 11 is 0. The lowest BCUT2D eigenvalue weighted by Gasteiger charge is -2.21. The summed E-state index contributed by atoms with van der Waals surface area (Å²) in [6.45, 7) is 9.63. The summed E-state index contributed by atoms with van der Waals surface area (Å²) in [5.41, 5.74) is 1.83. The molecule has 0 atom stereocenters. The summed E-state index contributed by atoms with van der Waals surface area (Å²) in [5, 5.41) is 9.38. The maximum Gasteiger partial charge on any atom is 0.251 e. The van der Waals surface area contributed by atoms with Gasteiger partial charge in [0.05, 0.1) is 0 Å². The summed E-state index contributed by atoms with van der Waals surface area (Å²) in [6.07, 6.45) is 4.36. The summed E-state index contributed by atoms with van der Waals surface area (Å²) in [5.74, 6) is 0.775. The first-order valence-corrected chi connectivity index (χ1v) is 10.1. The molecule has 0 bridgehead atoms. The number of carbonyl (C=O) groups excluding carboxylic acids is 1. The smallest absolute Gasteiger partial charge is 0.251 e. The van der Waals surface area contributed by atoms with Gasteiger partial charge in [-0.3, -0.25) is 9.79 Å². The Morgan fingerprint density at radius 2 is 1.78 bits per heavy atom. The van der Waals surface area contributed by atoms with Crippen LogP contribution in [0.1, 0.15) is 49.0 Å². The second kappa shape index (κ2) is 14.0. The van der Waals surface area contributed by atoms with E-state index in [-0.39, 0.29) is 5.91 Å². The van der Waals surface area contributed by atoms with E-state index in [1.54, 1.807) is 14.1 Å². The maximum absolute atomic E-state index is 11.7. The van der Waals surface area contributed by atoms with Crippen molar-refractivity contribution in [2.45, 2.75) is 39.5 Å². The zero-order valence-corrected chi connectivity index (χ0v) is 17.5. The molecule has 0 aliphatic carbocycles. The molecular weight excluding hydrogens is 338 g/mol. The van der Waals surface area contributed by atoms with E-state index in [4.69, 9.17) is 0 Å². The molecule has 1 aromatic rings. The van der Waals surface area contributed by atoms with Gasteiger partial charge in [-0.2, -0.15) is 0 Å². The number of hydrogen-bond acceptors (Lipinski definition) is 3. The highest BCUT2D eigenvalue weighted by Gasteiger charge is 2.05. The Morgan fingerprint density at radius 3 is 2.41 bits per heavy atom. The average Bonchev–Trinajstić information content (AvgIpc) is 2.69. The molecule has 0 fully saturated rings. The van der Waals surface area contributed by atoms with E-state index < -0.39 is 0 Å². The first-order valence-electron chi connectivity index (χ1n) is 10.1. The van der Waals surface area contributed by atoms with E-state index in [1.807, 2.05) is 24.3 Å². The first kappa shape index (κ1) is 23.0. The molecule has 0 radical (unpaired) electrons. The van der Waals surface area contributed by atoms with Crippen LogP contribution >= 0.6 is 0 Å². The molecule has 0 heterocycles. The van der Waals surface area contributed by atoms with Crippen molar-refractivity contribution in [3.8, 4) is 0 Å². The molecular formula is C21H37N5O. The molecule has 0 aliphatic rings. The van der Waals surface area contributed by atoms with Crippen molar-refractivity contribution in [3.63, 3.8) is 0 Å². The lowest BCUT2D eigenvalue weighted by molar-refractivity contribution is 0.0963. The molecule has 0 saturated carbocycles. The highest BCUT2D eigenvalue weighted by atomic mass is 16.1. The van der Waals surface area contributed by atoms with Crippen LogP contribution in [0.25, 0.3) is 0 Å². The number of benzene rings is 1. The summed E-state index contributed by atoms with van der Waals surface area (Å²) in [6, 6.07) is 7.73. The van der Waals surface area contributed by atoms with Crippen LogP contribution in [0, 0.1) is 0 Å². The summed E-state index contributed by atoms with van der Waals surface area (Å²) < 4.78 is 0. The fraction of sp³-hybridized carbons (Fsp3) is 0.619. The molecule has 1 aromatic carbocycles. The zero-order valence-electron chi connectivity index (χ0n) is 17.5. The molecule has 1 amide bonds. The molecule has 3 N–H and O–H groups in total. The minimum atomic E-state index is -0.0533. The van der Waals surface area contributed by atoms with E-state index in [0.29, 0.717) is 5.56 Å². The normalized spacial score (nSPS) is 11.5. The maximum atomic E-state index is 11.7. The third-order valence-electron chi connectivity index (χ3n) is 4.37. The van der Waals surface area contributed by atoms with Crippen LogP contribution in [-0.4, -0.2) is 63.6 Å². The molecule has 6 heteroatoms. The highest BCUT2D eigenvalue weighted by Crippen LogP contribution is 2.05. The van der Waals surface area contributed by atoms with Gasteiger partial charge in [0, 0.05) is 32.7 Å². The van der Waals surface area contributed by atoms with Crippen molar-refractivity contribution >= 4 is 11.9 Å². The van der Waals surface area contributed by atoms with E-state index in [0.717, 1.165) is 44.0 Å². The van der Waals surface area contributed by atoms with E-state index in [9.17, 15) is 4.79 Å². The van der Waals surface area contributed by atoms with Crippen molar-refractivity contribution in [1.82, 2.24) is 20.9 Å². The first-order chi connectivity index (χ1) is 13.1. The van der Waals surface area contributed by atoms with Crippen LogP contribution in [0.4, 0.5) is 0 Å². The van der Waals surface area contributed by atoms with Gasteiger partial charge in [0.15, 0.2) is 5.96 Å². The van der Waals surface area contributed by atoms with Crippen molar-refractivity contribution in [3.05, 3.63) is 35.4 Å². The molecule has 0 saturated heterocycles. The van der Waals surface area contributed by atoms with Crippen LogP contribution in [0.3, 0.4) is 0 Å². The molecule has 0 spiro atoms. The lowest BCUT2D eigenvalue weighted by atomic mass is 10.1. The van der Waals surface area contributed by atoms with Crippen molar-refractivity contribution in [1.29, 1.82) is 0 Å². The fourth-order valence-corrected chi connectivity index (χ4v) is 3.04. The standard InChI is InChI=1S/C21H37N5O/c1-5-14-26(15-6-2)16-8-12-24-21(23-4)25-13-11-18-9-7-10-19(17-18)20(27)22-3/h7,9-10,17H,5-6,8,11-16H2,1-4H3,(H,22,27)(H2,23,24,25). The molecule has 0 aromatic heterocycles. The number of hydrogen-bond donors (Lipinski definition) is 3. The number of nitrogens with zero attached hydrogens (tertiary/aromatic N) is 2.